The maximum Gasteiger partial charge on any atom is 0.311 e. The molecule has 0 aromatic rings. The third-order valence-electron chi connectivity index (χ3n) is 3.78. The topological polar surface area (TPSA) is 66.8 Å². The Labute approximate surface area is 123 Å². The van der Waals surface area contributed by atoms with Crippen molar-refractivity contribution >= 4 is 5.97 Å². The molecular formula is C16H32O4. The van der Waals surface area contributed by atoms with E-state index in [0.29, 0.717) is 12.8 Å². The molecule has 0 spiro atoms. The molecule has 0 unspecified atom stereocenters. The summed E-state index contributed by atoms with van der Waals surface area (Å²) in [5.41, 5.74) is -0.531. The van der Waals surface area contributed by atoms with Gasteiger partial charge in [-0.15, -0.1) is 0 Å². The monoisotopic (exact) mass is 288 g/mol. The van der Waals surface area contributed by atoms with Crippen LogP contribution in [-0.4, -0.2) is 35.0 Å². The van der Waals surface area contributed by atoms with E-state index in [4.69, 9.17) is 4.74 Å². The maximum atomic E-state index is 11.8. The van der Waals surface area contributed by atoms with Crippen molar-refractivity contribution in [1.29, 1.82) is 0 Å². The molecule has 0 aliphatic carbocycles. The molecular weight excluding hydrogens is 256 g/mol. The number of aliphatic hydroxyl groups is 2. The first-order chi connectivity index (χ1) is 9.15. The molecule has 0 bridgehead atoms. The normalized spacial score (nSPS) is 18.2. The van der Waals surface area contributed by atoms with Gasteiger partial charge in [-0.05, 0) is 33.6 Å². The first-order valence-corrected chi connectivity index (χ1v) is 7.68. The zero-order valence-electron chi connectivity index (χ0n) is 13.8. The molecule has 0 fully saturated rings. The van der Waals surface area contributed by atoms with Gasteiger partial charge in [-0.25, -0.2) is 0 Å². The van der Waals surface area contributed by atoms with Crippen LogP contribution in [0.25, 0.3) is 0 Å². The van der Waals surface area contributed by atoms with E-state index in [2.05, 4.69) is 0 Å². The van der Waals surface area contributed by atoms with Gasteiger partial charge in [0.15, 0.2) is 0 Å². The van der Waals surface area contributed by atoms with Crippen molar-refractivity contribution in [2.24, 2.45) is 17.3 Å². The Bertz CT molecular complexity index is 283. The van der Waals surface area contributed by atoms with Crippen LogP contribution in [0.1, 0.15) is 60.8 Å². The van der Waals surface area contributed by atoms with Gasteiger partial charge in [-0.1, -0.05) is 27.2 Å². The molecule has 0 aliphatic rings. The van der Waals surface area contributed by atoms with Gasteiger partial charge in [-0.2, -0.15) is 0 Å². The van der Waals surface area contributed by atoms with Crippen LogP contribution in [-0.2, 0) is 9.53 Å². The summed E-state index contributed by atoms with van der Waals surface area (Å²) in [6.07, 6.45) is 1.10. The Hall–Kier alpha value is -0.610. The molecule has 4 nitrogen and oxygen atoms in total. The van der Waals surface area contributed by atoms with E-state index in [1.54, 1.807) is 20.8 Å². The Morgan fingerprint density at radius 1 is 1.20 bits per heavy atom. The second kappa shape index (κ2) is 8.63. The summed E-state index contributed by atoms with van der Waals surface area (Å²) in [5.74, 6) is -0.610. The average molecular weight is 288 g/mol. The number of carbonyl (C=O) groups is 1. The second-order valence-electron chi connectivity index (χ2n) is 6.72. The summed E-state index contributed by atoms with van der Waals surface area (Å²) in [4.78, 5) is 11.8. The lowest BCUT2D eigenvalue weighted by Crippen LogP contribution is -2.38. The number of aliphatic hydroxyl groups excluding tert-OH is 2. The lowest BCUT2D eigenvalue weighted by Gasteiger charge is -2.30. The minimum absolute atomic E-state index is 0.136. The van der Waals surface area contributed by atoms with Crippen LogP contribution in [0.3, 0.4) is 0 Å². The summed E-state index contributed by atoms with van der Waals surface area (Å²) >= 11 is 0. The number of esters is 1. The molecule has 0 aromatic carbocycles. The van der Waals surface area contributed by atoms with Gasteiger partial charge in [-0.3, -0.25) is 4.79 Å². The SMILES string of the molecule is CCC[C@@H](O)[C@@H](C)[C@@H](O)[C@H](CC)COC(=O)C(C)(C)C. The Morgan fingerprint density at radius 2 is 1.75 bits per heavy atom. The Morgan fingerprint density at radius 3 is 2.15 bits per heavy atom. The van der Waals surface area contributed by atoms with Crippen molar-refractivity contribution in [3.05, 3.63) is 0 Å². The van der Waals surface area contributed by atoms with E-state index in [0.717, 1.165) is 6.42 Å². The molecule has 0 aliphatic heterocycles. The predicted octanol–water partition coefficient (Wildman–Crippen LogP) is 2.76. The van der Waals surface area contributed by atoms with Gasteiger partial charge >= 0.3 is 5.97 Å². The predicted molar refractivity (Wildman–Crippen MR) is 80.3 cm³/mol. The quantitative estimate of drug-likeness (QED) is 0.674. The summed E-state index contributed by atoms with van der Waals surface area (Å²) in [7, 11) is 0. The third-order valence-corrected chi connectivity index (χ3v) is 3.78. The fourth-order valence-corrected chi connectivity index (χ4v) is 2.07. The van der Waals surface area contributed by atoms with E-state index >= 15 is 0 Å². The van der Waals surface area contributed by atoms with Crippen molar-refractivity contribution in [2.45, 2.75) is 73.0 Å². The van der Waals surface area contributed by atoms with E-state index in [-0.39, 0.29) is 24.4 Å². The molecule has 0 rings (SSSR count). The number of hydrogen-bond acceptors (Lipinski definition) is 4. The zero-order chi connectivity index (χ0) is 15.9. The van der Waals surface area contributed by atoms with Crippen LogP contribution in [0.5, 0.6) is 0 Å². The fourth-order valence-electron chi connectivity index (χ4n) is 2.07. The summed E-state index contributed by atoms with van der Waals surface area (Å²) in [5, 5.41) is 20.3. The Balaban J connectivity index is 4.48. The Kier molecular flexibility index (Phi) is 8.36. The minimum Gasteiger partial charge on any atom is -0.465 e. The highest BCUT2D eigenvalue weighted by Gasteiger charge is 2.30. The number of carbonyl (C=O) groups excluding carboxylic acids is 1. The summed E-state index contributed by atoms with van der Waals surface area (Å²) < 4.78 is 5.29. The maximum absolute atomic E-state index is 11.8. The van der Waals surface area contributed by atoms with Crippen LogP contribution in [0, 0.1) is 17.3 Å². The molecule has 20 heavy (non-hydrogen) atoms. The molecule has 2 N–H and O–H groups in total. The number of ether oxygens (including phenoxy) is 1. The largest absolute Gasteiger partial charge is 0.465 e. The van der Waals surface area contributed by atoms with Gasteiger partial charge in [0.1, 0.15) is 0 Å². The zero-order valence-corrected chi connectivity index (χ0v) is 13.8. The van der Waals surface area contributed by atoms with E-state index in [1.807, 2.05) is 20.8 Å². The van der Waals surface area contributed by atoms with Gasteiger partial charge in [0.2, 0.25) is 0 Å². The van der Waals surface area contributed by atoms with Crippen molar-refractivity contribution in [2.75, 3.05) is 6.61 Å². The van der Waals surface area contributed by atoms with Crippen LogP contribution < -0.4 is 0 Å². The van der Waals surface area contributed by atoms with Crippen LogP contribution in [0.15, 0.2) is 0 Å². The second-order valence-corrected chi connectivity index (χ2v) is 6.72. The van der Waals surface area contributed by atoms with E-state index in [9.17, 15) is 15.0 Å². The van der Waals surface area contributed by atoms with E-state index < -0.39 is 17.6 Å². The molecule has 0 saturated heterocycles. The standard InChI is InChI=1S/C16H32O4/c1-7-9-13(17)11(3)14(18)12(8-2)10-20-15(19)16(4,5)6/h11-14,17-18H,7-10H2,1-6H3/t11-,12-,13-,14-/m1/s1. The first-order valence-electron chi connectivity index (χ1n) is 7.68. The van der Waals surface area contributed by atoms with Gasteiger partial charge in [0, 0.05) is 11.8 Å². The van der Waals surface area contributed by atoms with E-state index in [1.165, 1.54) is 0 Å². The lowest BCUT2D eigenvalue weighted by molar-refractivity contribution is -0.156. The summed E-state index contributed by atoms with van der Waals surface area (Å²) in [6.45, 7) is 11.4. The first kappa shape index (κ1) is 19.4. The van der Waals surface area contributed by atoms with Crippen molar-refractivity contribution in [1.82, 2.24) is 0 Å². The van der Waals surface area contributed by atoms with Crippen molar-refractivity contribution in [3.63, 3.8) is 0 Å². The number of rotatable bonds is 8. The summed E-state index contributed by atoms with van der Waals surface area (Å²) in [6, 6.07) is 0. The van der Waals surface area contributed by atoms with Crippen LogP contribution in [0.4, 0.5) is 0 Å². The molecule has 0 heterocycles. The van der Waals surface area contributed by atoms with Crippen LogP contribution >= 0.6 is 0 Å². The fraction of sp³-hybridized carbons (Fsp3) is 0.938. The molecule has 4 atom stereocenters. The van der Waals surface area contributed by atoms with Gasteiger partial charge in [0.05, 0.1) is 24.2 Å². The number of hydrogen-bond donors (Lipinski definition) is 2. The smallest absolute Gasteiger partial charge is 0.311 e. The van der Waals surface area contributed by atoms with Crippen molar-refractivity contribution < 1.29 is 19.7 Å². The molecule has 0 amide bonds. The highest BCUT2D eigenvalue weighted by molar-refractivity contribution is 5.75. The average Bonchev–Trinajstić information content (AvgIpc) is 2.37. The minimum atomic E-state index is -0.658. The van der Waals surface area contributed by atoms with Crippen LogP contribution in [0.2, 0.25) is 0 Å². The molecule has 4 heteroatoms. The highest BCUT2D eigenvalue weighted by atomic mass is 16.5. The molecule has 0 radical (unpaired) electrons. The third kappa shape index (κ3) is 6.23. The van der Waals surface area contributed by atoms with Gasteiger partial charge in [0.25, 0.3) is 0 Å². The molecule has 120 valence electrons. The molecule has 0 saturated carbocycles. The van der Waals surface area contributed by atoms with Gasteiger partial charge < -0.3 is 14.9 Å². The lowest BCUT2D eigenvalue weighted by atomic mass is 9.86. The highest BCUT2D eigenvalue weighted by Crippen LogP contribution is 2.23. The van der Waals surface area contributed by atoms with Crippen molar-refractivity contribution in [3.8, 4) is 0 Å². The molecule has 0 aromatic heterocycles.